The predicted octanol–water partition coefficient (Wildman–Crippen LogP) is 3.17. The lowest BCUT2D eigenvalue weighted by atomic mass is 9.64. The predicted molar refractivity (Wildman–Crippen MR) is 73.1 cm³/mol. The van der Waals surface area contributed by atoms with Gasteiger partial charge in [-0.3, -0.25) is 9.59 Å². The topological polar surface area (TPSA) is 43.4 Å². The van der Waals surface area contributed by atoms with Crippen molar-refractivity contribution in [2.45, 2.75) is 39.0 Å². The maximum Gasteiger partial charge on any atom is 0.319 e. The van der Waals surface area contributed by atoms with Gasteiger partial charge in [-0.25, -0.2) is 0 Å². The Hall–Kier alpha value is -1.64. The van der Waals surface area contributed by atoms with E-state index in [0.717, 1.165) is 19.3 Å². The lowest BCUT2D eigenvalue weighted by Gasteiger charge is -2.37. The van der Waals surface area contributed by atoms with Gasteiger partial charge in [-0.1, -0.05) is 44.0 Å². The van der Waals surface area contributed by atoms with Crippen molar-refractivity contribution in [1.29, 1.82) is 0 Å². The molecule has 0 saturated heterocycles. The van der Waals surface area contributed by atoms with Gasteiger partial charge in [0, 0.05) is 5.56 Å². The van der Waals surface area contributed by atoms with Crippen LogP contribution in [0.25, 0.3) is 0 Å². The van der Waals surface area contributed by atoms with E-state index < -0.39 is 5.41 Å². The normalized spacial score (nSPS) is 16.5. The number of esters is 1. The van der Waals surface area contributed by atoms with Crippen molar-refractivity contribution in [2.75, 3.05) is 7.11 Å². The van der Waals surface area contributed by atoms with Gasteiger partial charge in [0.1, 0.15) is 5.41 Å². The summed E-state index contributed by atoms with van der Waals surface area (Å²) in [5.41, 5.74) is 0.922. The van der Waals surface area contributed by atoms with E-state index in [1.54, 1.807) is 0 Å². The molecule has 102 valence electrons. The highest BCUT2D eigenvalue weighted by Gasteiger charge is 2.51. The molecule has 19 heavy (non-hydrogen) atoms. The first-order valence-corrected chi connectivity index (χ1v) is 6.86. The molecule has 1 fully saturated rings. The van der Waals surface area contributed by atoms with Crippen LogP contribution in [0.2, 0.25) is 0 Å². The van der Waals surface area contributed by atoms with E-state index in [0.29, 0.717) is 18.4 Å². The van der Waals surface area contributed by atoms with Gasteiger partial charge in [-0.15, -0.1) is 0 Å². The molecule has 0 N–H and O–H groups in total. The number of ether oxygens (including phenoxy) is 1. The fourth-order valence-corrected chi connectivity index (χ4v) is 2.64. The van der Waals surface area contributed by atoms with Crippen molar-refractivity contribution in [3.8, 4) is 0 Å². The van der Waals surface area contributed by atoms with Crippen LogP contribution >= 0.6 is 0 Å². The second-order valence-corrected chi connectivity index (χ2v) is 5.20. The summed E-state index contributed by atoms with van der Waals surface area (Å²) in [6, 6.07) is 7.60. The van der Waals surface area contributed by atoms with Gasteiger partial charge in [0.15, 0.2) is 5.78 Å². The summed E-state index contributed by atoms with van der Waals surface area (Å²) in [5, 5.41) is 0. The number of Topliss-reactive ketones (excluding diaryl/α,β-unsaturated/α-hetero) is 1. The van der Waals surface area contributed by atoms with Crippen molar-refractivity contribution in [3.05, 3.63) is 35.4 Å². The first-order valence-electron chi connectivity index (χ1n) is 6.86. The van der Waals surface area contributed by atoms with Gasteiger partial charge in [0.2, 0.25) is 0 Å². The number of hydrogen-bond acceptors (Lipinski definition) is 3. The number of carbonyl (C=O) groups is 2. The summed E-state index contributed by atoms with van der Waals surface area (Å²) in [4.78, 5) is 24.4. The Balaban J connectivity index is 2.21. The summed E-state index contributed by atoms with van der Waals surface area (Å²) in [5.74, 6) is -0.477. The molecule has 0 unspecified atom stereocenters. The van der Waals surface area contributed by atoms with Crippen LogP contribution in [-0.2, 0) is 16.0 Å². The summed E-state index contributed by atoms with van der Waals surface area (Å²) in [6.45, 7) is 2.12. The molecule has 1 aliphatic carbocycles. The zero-order valence-electron chi connectivity index (χ0n) is 11.6. The molecule has 0 bridgehead atoms. The Morgan fingerprint density at radius 1 is 1.21 bits per heavy atom. The molecule has 0 aromatic heterocycles. The van der Waals surface area contributed by atoms with E-state index in [1.807, 2.05) is 24.3 Å². The van der Waals surface area contributed by atoms with E-state index in [1.165, 1.54) is 12.7 Å². The van der Waals surface area contributed by atoms with Gasteiger partial charge in [-0.2, -0.15) is 0 Å². The zero-order valence-corrected chi connectivity index (χ0v) is 11.6. The molecular formula is C16H20O3. The fourth-order valence-electron chi connectivity index (χ4n) is 2.64. The zero-order chi connectivity index (χ0) is 13.9. The third kappa shape index (κ3) is 2.42. The van der Waals surface area contributed by atoms with Crippen molar-refractivity contribution in [1.82, 2.24) is 0 Å². The van der Waals surface area contributed by atoms with Crippen LogP contribution in [0.15, 0.2) is 24.3 Å². The molecule has 1 aromatic rings. The summed E-state index contributed by atoms with van der Waals surface area (Å²) in [7, 11) is 1.35. The SMILES string of the molecule is CCCc1ccc(C(=O)C2(C(=O)OC)CCC2)cc1. The van der Waals surface area contributed by atoms with Crippen LogP contribution < -0.4 is 0 Å². The molecule has 3 nitrogen and oxygen atoms in total. The highest BCUT2D eigenvalue weighted by atomic mass is 16.5. The number of ketones is 1. The average molecular weight is 260 g/mol. The van der Waals surface area contributed by atoms with E-state index in [-0.39, 0.29) is 11.8 Å². The minimum Gasteiger partial charge on any atom is -0.468 e. The largest absolute Gasteiger partial charge is 0.468 e. The van der Waals surface area contributed by atoms with Crippen molar-refractivity contribution < 1.29 is 14.3 Å². The summed E-state index contributed by atoms with van der Waals surface area (Å²) < 4.78 is 4.80. The molecule has 0 radical (unpaired) electrons. The summed E-state index contributed by atoms with van der Waals surface area (Å²) in [6.07, 6.45) is 4.22. The number of hydrogen-bond donors (Lipinski definition) is 0. The number of methoxy groups -OCH3 is 1. The molecule has 0 amide bonds. The maximum absolute atomic E-state index is 12.5. The van der Waals surface area contributed by atoms with Crippen LogP contribution in [0.4, 0.5) is 0 Å². The summed E-state index contributed by atoms with van der Waals surface area (Å²) >= 11 is 0. The second kappa shape index (κ2) is 5.55. The third-order valence-corrected chi connectivity index (χ3v) is 3.97. The lowest BCUT2D eigenvalue weighted by molar-refractivity contribution is -0.153. The van der Waals surface area contributed by atoms with E-state index in [2.05, 4.69) is 6.92 Å². The van der Waals surface area contributed by atoms with Gasteiger partial charge >= 0.3 is 5.97 Å². The van der Waals surface area contributed by atoms with Gasteiger partial charge in [0.05, 0.1) is 7.11 Å². The maximum atomic E-state index is 12.5. The third-order valence-electron chi connectivity index (χ3n) is 3.97. The Kier molecular flexibility index (Phi) is 4.03. The number of aryl methyl sites for hydroxylation is 1. The van der Waals surface area contributed by atoms with Crippen LogP contribution in [-0.4, -0.2) is 18.9 Å². The molecule has 0 aliphatic heterocycles. The molecule has 0 spiro atoms. The Morgan fingerprint density at radius 3 is 2.26 bits per heavy atom. The van der Waals surface area contributed by atoms with Crippen LogP contribution in [0, 0.1) is 5.41 Å². The first kappa shape index (κ1) is 13.8. The average Bonchev–Trinajstić information content (AvgIpc) is 2.38. The molecule has 3 heteroatoms. The highest BCUT2D eigenvalue weighted by Crippen LogP contribution is 2.44. The Labute approximate surface area is 114 Å². The Bertz CT molecular complexity index is 469. The van der Waals surface area contributed by atoms with E-state index in [9.17, 15) is 9.59 Å². The smallest absolute Gasteiger partial charge is 0.319 e. The number of benzene rings is 1. The van der Waals surface area contributed by atoms with Gasteiger partial charge in [0.25, 0.3) is 0 Å². The Morgan fingerprint density at radius 2 is 1.84 bits per heavy atom. The molecular weight excluding hydrogens is 240 g/mol. The van der Waals surface area contributed by atoms with Crippen LogP contribution in [0.5, 0.6) is 0 Å². The van der Waals surface area contributed by atoms with Crippen molar-refractivity contribution in [2.24, 2.45) is 5.41 Å². The van der Waals surface area contributed by atoms with E-state index >= 15 is 0 Å². The molecule has 2 rings (SSSR count). The van der Waals surface area contributed by atoms with Crippen molar-refractivity contribution in [3.63, 3.8) is 0 Å². The van der Waals surface area contributed by atoms with Gasteiger partial charge < -0.3 is 4.74 Å². The van der Waals surface area contributed by atoms with Gasteiger partial charge in [-0.05, 0) is 24.8 Å². The standard InChI is InChI=1S/C16H20O3/c1-3-5-12-6-8-13(9-7-12)14(17)16(10-4-11-16)15(18)19-2/h6-9H,3-5,10-11H2,1-2H3. The lowest BCUT2D eigenvalue weighted by Crippen LogP contribution is -2.45. The molecule has 1 aliphatic rings. The molecule has 0 heterocycles. The van der Waals surface area contributed by atoms with Crippen LogP contribution in [0.3, 0.4) is 0 Å². The van der Waals surface area contributed by atoms with E-state index in [4.69, 9.17) is 4.74 Å². The molecule has 1 saturated carbocycles. The highest BCUT2D eigenvalue weighted by molar-refractivity contribution is 6.13. The minimum absolute atomic E-state index is 0.0892. The number of rotatable bonds is 5. The van der Waals surface area contributed by atoms with Crippen LogP contribution in [0.1, 0.15) is 48.5 Å². The molecule has 1 aromatic carbocycles. The molecule has 0 atom stereocenters. The second-order valence-electron chi connectivity index (χ2n) is 5.20. The van der Waals surface area contributed by atoms with Crippen molar-refractivity contribution >= 4 is 11.8 Å². The quantitative estimate of drug-likeness (QED) is 0.464. The monoisotopic (exact) mass is 260 g/mol. The minimum atomic E-state index is -0.916. The fraction of sp³-hybridized carbons (Fsp3) is 0.500. The first-order chi connectivity index (χ1) is 9.14. The number of carbonyl (C=O) groups excluding carboxylic acids is 2.